The maximum atomic E-state index is 12.9. The molecule has 1 atom stereocenters. The van der Waals surface area contributed by atoms with E-state index >= 15 is 0 Å². The molecule has 2 aromatic rings. The normalized spacial score (nSPS) is 22.3. The van der Waals surface area contributed by atoms with Gasteiger partial charge in [0, 0.05) is 0 Å². The number of hydrogen-bond acceptors (Lipinski definition) is 3. The fourth-order valence-electron chi connectivity index (χ4n) is 2.55. The molecule has 4 nitrogen and oxygen atoms in total. The van der Waals surface area contributed by atoms with Gasteiger partial charge in [-0.05, 0) is 37.0 Å². The van der Waals surface area contributed by atoms with E-state index in [1.54, 1.807) is 6.07 Å². The Balaban J connectivity index is 1.63. The third-order valence-electron chi connectivity index (χ3n) is 3.80. The summed E-state index contributed by atoms with van der Waals surface area (Å²) < 4.78 is 20.7. The number of fused-ring (bicyclic) bond motifs is 1. The van der Waals surface area contributed by atoms with Crippen LogP contribution in [0.5, 0.6) is 0 Å². The monoisotopic (exact) mass is 259 g/mol. The van der Waals surface area contributed by atoms with Crippen LogP contribution in [-0.2, 0) is 17.9 Å². The van der Waals surface area contributed by atoms with Gasteiger partial charge in [-0.25, -0.2) is 4.39 Å². The lowest BCUT2D eigenvalue weighted by molar-refractivity contribution is -0.0127. The molecule has 1 fully saturated rings. The van der Waals surface area contributed by atoms with Crippen molar-refractivity contribution in [2.45, 2.75) is 32.1 Å². The highest BCUT2D eigenvalue weighted by Gasteiger charge is 2.35. The predicted molar refractivity (Wildman–Crippen MR) is 66.7 cm³/mol. The molecule has 2 aliphatic rings. The minimum absolute atomic E-state index is 0.307. The summed E-state index contributed by atoms with van der Waals surface area (Å²) in [5.41, 5.74) is 2.55. The Kier molecular flexibility index (Phi) is 2.41. The van der Waals surface area contributed by atoms with E-state index in [9.17, 15) is 4.39 Å². The Hall–Kier alpha value is -1.75. The van der Waals surface area contributed by atoms with E-state index in [1.807, 2.05) is 10.7 Å². The second-order valence-corrected chi connectivity index (χ2v) is 5.25. The Bertz CT molecular complexity index is 604. The van der Waals surface area contributed by atoms with Crippen LogP contribution in [0.25, 0.3) is 11.4 Å². The number of rotatable bonds is 2. The highest BCUT2D eigenvalue weighted by molar-refractivity contribution is 5.54. The molecule has 3 heterocycles. The van der Waals surface area contributed by atoms with E-state index in [-0.39, 0.29) is 5.82 Å². The van der Waals surface area contributed by atoms with Crippen molar-refractivity contribution in [3.8, 4) is 11.4 Å². The first-order valence-corrected chi connectivity index (χ1v) is 6.60. The molecule has 5 heteroatoms. The summed E-state index contributed by atoms with van der Waals surface area (Å²) in [7, 11) is 0. The van der Waals surface area contributed by atoms with Gasteiger partial charge in [-0.3, -0.25) is 9.67 Å². The van der Waals surface area contributed by atoms with Gasteiger partial charge >= 0.3 is 0 Å². The van der Waals surface area contributed by atoms with Crippen LogP contribution in [0.4, 0.5) is 4.39 Å². The molecule has 19 heavy (non-hydrogen) atoms. The fourth-order valence-corrected chi connectivity index (χ4v) is 2.55. The van der Waals surface area contributed by atoms with Crippen molar-refractivity contribution in [3.05, 3.63) is 35.9 Å². The van der Waals surface area contributed by atoms with Crippen LogP contribution in [0.3, 0.4) is 0 Å². The van der Waals surface area contributed by atoms with Gasteiger partial charge in [0.15, 0.2) is 0 Å². The molecule has 2 aromatic heterocycles. The summed E-state index contributed by atoms with van der Waals surface area (Å²) in [6.07, 6.45) is 4.07. The second kappa shape index (κ2) is 4.13. The number of halogens is 1. The first-order valence-electron chi connectivity index (χ1n) is 6.60. The Morgan fingerprint density at radius 2 is 2.16 bits per heavy atom. The summed E-state index contributed by atoms with van der Waals surface area (Å²) in [4.78, 5) is 4.07. The molecule has 4 rings (SSSR count). The summed E-state index contributed by atoms with van der Waals surface area (Å²) in [5.74, 6) is 0.384. The maximum Gasteiger partial charge on any atom is 0.141 e. The van der Waals surface area contributed by atoms with Crippen LogP contribution < -0.4 is 0 Å². The number of aromatic nitrogens is 3. The summed E-state index contributed by atoms with van der Waals surface area (Å²) in [6, 6.07) is 5.04. The van der Waals surface area contributed by atoms with E-state index < -0.39 is 0 Å². The van der Waals surface area contributed by atoms with Crippen LogP contribution in [0.2, 0.25) is 0 Å². The van der Waals surface area contributed by atoms with Crippen molar-refractivity contribution in [1.82, 2.24) is 14.8 Å². The van der Waals surface area contributed by atoms with E-state index in [2.05, 4.69) is 10.1 Å². The molecule has 0 saturated heterocycles. The van der Waals surface area contributed by atoms with Gasteiger partial charge in [0.05, 0.1) is 36.8 Å². The quantitative estimate of drug-likeness (QED) is 0.831. The third kappa shape index (κ3) is 2.04. The van der Waals surface area contributed by atoms with E-state index in [4.69, 9.17) is 4.74 Å². The van der Waals surface area contributed by atoms with Crippen molar-refractivity contribution >= 4 is 0 Å². The summed E-state index contributed by atoms with van der Waals surface area (Å²) in [6.45, 7) is 1.43. The van der Waals surface area contributed by atoms with Crippen molar-refractivity contribution in [2.24, 2.45) is 5.92 Å². The Morgan fingerprint density at radius 3 is 2.89 bits per heavy atom. The van der Waals surface area contributed by atoms with Crippen LogP contribution in [0, 0.1) is 11.7 Å². The second-order valence-electron chi connectivity index (χ2n) is 5.25. The van der Waals surface area contributed by atoms with E-state index in [1.165, 1.54) is 25.1 Å². The fraction of sp³-hybridized carbons (Fsp3) is 0.429. The lowest BCUT2D eigenvalue weighted by Gasteiger charge is -2.23. The highest BCUT2D eigenvalue weighted by Crippen LogP contribution is 2.37. The zero-order valence-corrected chi connectivity index (χ0v) is 10.4. The standard InChI is InChI=1S/C14H14FN3O/c15-10-3-4-12(16-6-10)13-5-11-8-19-14(9-1-2-9)7-18(11)17-13/h3-6,9,14H,1-2,7-8H2. The van der Waals surface area contributed by atoms with Gasteiger partial charge in [-0.2, -0.15) is 5.10 Å². The number of ether oxygens (including phenoxy) is 1. The topological polar surface area (TPSA) is 39.9 Å². The Morgan fingerprint density at radius 1 is 1.26 bits per heavy atom. The smallest absolute Gasteiger partial charge is 0.141 e. The summed E-state index contributed by atoms with van der Waals surface area (Å²) in [5, 5.41) is 4.56. The van der Waals surface area contributed by atoms with Crippen molar-refractivity contribution in [3.63, 3.8) is 0 Å². The molecular weight excluding hydrogens is 245 g/mol. The molecule has 0 radical (unpaired) electrons. The van der Waals surface area contributed by atoms with Crippen LogP contribution in [-0.4, -0.2) is 20.9 Å². The highest BCUT2D eigenvalue weighted by atomic mass is 19.1. The first kappa shape index (κ1) is 11.1. The van der Waals surface area contributed by atoms with Crippen LogP contribution >= 0.6 is 0 Å². The SMILES string of the molecule is Fc1ccc(-c2cc3n(n2)CC(C2CC2)OC3)nc1. The minimum Gasteiger partial charge on any atom is -0.370 e. The molecule has 0 amide bonds. The third-order valence-corrected chi connectivity index (χ3v) is 3.80. The van der Waals surface area contributed by atoms with Crippen molar-refractivity contribution in [1.29, 1.82) is 0 Å². The molecule has 0 bridgehead atoms. The van der Waals surface area contributed by atoms with Crippen LogP contribution in [0.15, 0.2) is 24.4 Å². The average Bonchev–Trinajstić information content (AvgIpc) is 3.18. The van der Waals surface area contributed by atoms with Gasteiger partial charge in [-0.15, -0.1) is 0 Å². The summed E-state index contributed by atoms with van der Waals surface area (Å²) >= 11 is 0. The molecular formula is C14H14FN3O. The van der Waals surface area contributed by atoms with Gasteiger partial charge in [0.2, 0.25) is 0 Å². The molecule has 0 aromatic carbocycles. The molecule has 1 aliphatic carbocycles. The average molecular weight is 259 g/mol. The van der Waals surface area contributed by atoms with Gasteiger partial charge in [0.1, 0.15) is 11.5 Å². The molecule has 1 saturated carbocycles. The van der Waals surface area contributed by atoms with Crippen LogP contribution in [0.1, 0.15) is 18.5 Å². The zero-order chi connectivity index (χ0) is 12.8. The van der Waals surface area contributed by atoms with Crippen molar-refractivity contribution < 1.29 is 9.13 Å². The zero-order valence-electron chi connectivity index (χ0n) is 10.4. The van der Waals surface area contributed by atoms with Gasteiger partial charge in [0.25, 0.3) is 0 Å². The predicted octanol–water partition coefficient (Wildman–Crippen LogP) is 2.39. The van der Waals surface area contributed by atoms with Crippen molar-refractivity contribution in [2.75, 3.05) is 0 Å². The lowest BCUT2D eigenvalue weighted by atomic mass is 10.2. The molecule has 0 N–H and O–H groups in total. The van der Waals surface area contributed by atoms with E-state index in [0.29, 0.717) is 24.3 Å². The minimum atomic E-state index is -0.329. The largest absolute Gasteiger partial charge is 0.370 e. The molecule has 1 unspecified atom stereocenters. The Labute approximate surface area is 110 Å². The number of nitrogens with zero attached hydrogens (tertiary/aromatic N) is 3. The number of pyridine rings is 1. The molecule has 98 valence electrons. The molecule has 0 spiro atoms. The maximum absolute atomic E-state index is 12.9. The van der Waals surface area contributed by atoms with Gasteiger partial charge in [-0.1, -0.05) is 0 Å². The first-order chi connectivity index (χ1) is 9.29. The lowest BCUT2D eigenvalue weighted by Crippen LogP contribution is -2.29. The van der Waals surface area contributed by atoms with E-state index in [0.717, 1.165) is 17.9 Å². The molecule has 1 aliphatic heterocycles. The van der Waals surface area contributed by atoms with Gasteiger partial charge < -0.3 is 4.74 Å². The number of hydrogen-bond donors (Lipinski definition) is 0.